The summed E-state index contributed by atoms with van der Waals surface area (Å²) in [4.78, 5) is 30.0. The molecule has 0 radical (unpaired) electrons. The number of nitrogens with one attached hydrogen (secondary N) is 1. The molecule has 1 amide bonds. The fourth-order valence-electron chi connectivity index (χ4n) is 3.11. The van der Waals surface area contributed by atoms with Crippen molar-refractivity contribution in [2.75, 3.05) is 0 Å². The molecule has 1 aliphatic carbocycles. The Labute approximate surface area is 155 Å². The molecule has 27 heavy (non-hydrogen) atoms. The minimum Gasteiger partial charge on any atom is -0.492 e. The maximum Gasteiger partial charge on any atom is 0.270 e. The number of hydrogen-bond acceptors (Lipinski definition) is 5. The van der Waals surface area contributed by atoms with Crippen molar-refractivity contribution in [2.24, 2.45) is 5.92 Å². The fraction of sp³-hybridized carbons (Fsp3) is 0.368. The van der Waals surface area contributed by atoms with Gasteiger partial charge in [0.25, 0.3) is 11.5 Å². The lowest BCUT2D eigenvalue weighted by Crippen LogP contribution is -2.36. The van der Waals surface area contributed by atoms with Crippen LogP contribution in [0.5, 0.6) is 5.88 Å². The van der Waals surface area contributed by atoms with Crippen LogP contribution in [0.1, 0.15) is 37.0 Å². The van der Waals surface area contributed by atoms with Gasteiger partial charge in [-0.2, -0.15) is 9.61 Å². The first-order valence-corrected chi connectivity index (χ1v) is 9.03. The number of fused-ring (bicyclic) bond motifs is 1. The van der Waals surface area contributed by atoms with Gasteiger partial charge < -0.3 is 10.4 Å². The van der Waals surface area contributed by atoms with Gasteiger partial charge in [-0.25, -0.2) is 0 Å². The number of rotatable bonds is 5. The van der Waals surface area contributed by atoms with Gasteiger partial charge in [0.15, 0.2) is 11.2 Å². The van der Waals surface area contributed by atoms with Gasteiger partial charge in [-0.15, -0.1) is 0 Å². The predicted octanol–water partition coefficient (Wildman–Crippen LogP) is 1.81. The molecule has 0 aromatic carbocycles. The molecule has 0 spiro atoms. The molecule has 140 valence electrons. The Morgan fingerprint density at radius 3 is 2.78 bits per heavy atom. The van der Waals surface area contributed by atoms with E-state index in [2.05, 4.69) is 15.4 Å². The van der Waals surface area contributed by atoms with Gasteiger partial charge in [-0.1, -0.05) is 19.9 Å². The third kappa shape index (κ3) is 3.07. The maximum atomic E-state index is 13.1. The highest BCUT2D eigenvalue weighted by Crippen LogP contribution is 2.27. The number of carbonyl (C=O) groups is 1. The van der Waals surface area contributed by atoms with E-state index in [1.807, 2.05) is 26.0 Å². The SMILES string of the molecule is CC(C)Cn1c(=O)c(C(=O)NC2CC2)c(O)n2ncc(-c3ccccn3)c12. The summed E-state index contributed by atoms with van der Waals surface area (Å²) in [5, 5.41) is 17.7. The minimum atomic E-state index is -0.561. The highest BCUT2D eigenvalue weighted by Gasteiger charge is 2.30. The van der Waals surface area contributed by atoms with Gasteiger partial charge in [-0.3, -0.25) is 19.1 Å². The molecule has 1 fully saturated rings. The predicted molar refractivity (Wildman–Crippen MR) is 99.7 cm³/mol. The molecule has 3 aromatic rings. The molecule has 4 rings (SSSR count). The fourth-order valence-corrected chi connectivity index (χ4v) is 3.11. The zero-order chi connectivity index (χ0) is 19.1. The van der Waals surface area contributed by atoms with Crippen LogP contribution in [0.3, 0.4) is 0 Å². The Morgan fingerprint density at radius 1 is 1.37 bits per heavy atom. The van der Waals surface area contributed by atoms with Crippen LogP contribution in [-0.4, -0.2) is 36.2 Å². The minimum absolute atomic E-state index is 0.0762. The molecule has 1 saturated carbocycles. The summed E-state index contributed by atoms with van der Waals surface area (Å²) in [5.74, 6) is -0.855. The number of pyridine rings is 1. The van der Waals surface area contributed by atoms with E-state index in [1.54, 1.807) is 18.5 Å². The van der Waals surface area contributed by atoms with Crippen LogP contribution in [0.4, 0.5) is 0 Å². The Balaban J connectivity index is 1.98. The first-order valence-electron chi connectivity index (χ1n) is 9.03. The Morgan fingerprint density at radius 2 is 2.15 bits per heavy atom. The van der Waals surface area contributed by atoms with E-state index in [0.29, 0.717) is 23.4 Å². The molecule has 0 unspecified atom stereocenters. The average Bonchev–Trinajstić information content (AvgIpc) is 3.33. The number of aromatic nitrogens is 4. The Kier molecular flexibility index (Phi) is 4.18. The highest BCUT2D eigenvalue weighted by molar-refractivity contribution is 5.97. The van der Waals surface area contributed by atoms with E-state index in [-0.39, 0.29) is 17.5 Å². The molecular weight excluding hydrogens is 346 g/mol. The lowest BCUT2D eigenvalue weighted by atomic mass is 10.1. The van der Waals surface area contributed by atoms with E-state index >= 15 is 0 Å². The van der Waals surface area contributed by atoms with Crippen molar-refractivity contribution in [1.29, 1.82) is 0 Å². The van der Waals surface area contributed by atoms with Crippen LogP contribution in [0.15, 0.2) is 35.4 Å². The van der Waals surface area contributed by atoms with Crippen LogP contribution >= 0.6 is 0 Å². The van der Waals surface area contributed by atoms with Crippen molar-refractivity contribution in [3.05, 3.63) is 46.5 Å². The lowest BCUT2D eigenvalue weighted by Gasteiger charge is -2.15. The second-order valence-electron chi connectivity index (χ2n) is 7.26. The molecule has 8 nitrogen and oxygen atoms in total. The van der Waals surface area contributed by atoms with Crippen LogP contribution < -0.4 is 10.9 Å². The number of hydrogen-bond donors (Lipinski definition) is 2. The van der Waals surface area contributed by atoms with Gasteiger partial charge >= 0.3 is 0 Å². The standard InChI is InChI=1S/C19H21N5O3/c1-11(2)10-23-17-13(14-5-3-4-8-20-14)9-21-24(17)19(27)15(18(23)26)16(25)22-12-6-7-12/h3-5,8-9,11-12,27H,6-7,10H2,1-2H3,(H,22,25). The first kappa shape index (κ1) is 17.3. The Bertz CT molecular complexity index is 1060. The zero-order valence-corrected chi connectivity index (χ0v) is 15.2. The van der Waals surface area contributed by atoms with Crippen molar-refractivity contribution in [2.45, 2.75) is 39.3 Å². The van der Waals surface area contributed by atoms with E-state index in [0.717, 1.165) is 12.8 Å². The van der Waals surface area contributed by atoms with Gasteiger partial charge in [0.1, 0.15) is 0 Å². The van der Waals surface area contributed by atoms with Gasteiger partial charge in [0, 0.05) is 18.8 Å². The summed E-state index contributed by atoms with van der Waals surface area (Å²) < 4.78 is 2.75. The highest BCUT2D eigenvalue weighted by atomic mass is 16.3. The van der Waals surface area contributed by atoms with E-state index in [4.69, 9.17) is 0 Å². The smallest absolute Gasteiger partial charge is 0.270 e. The van der Waals surface area contributed by atoms with Crippen LogP contribution in [0.25, 0.3) is 16.9 Å². The molecule has 0 atom stereocenters. The van der Waals surface area contributed by atoms with Crippen LogP contribution in [0, 0.1) is 5.92 Å². The Hall–Kier alpha value is -3.16. The molecule has 3 aromatic heterocycles. The molecular formula is C19H21N5O3. The van der Waals surface area contributed by atoms with E-state index in [9.17, 15) is 14.7 Å². The average molecular weight is 367 g/mol. The molecule has 3 heterocycles. The number of nitrogens with zero attached hydrogens (tertiary/aromatic N) is 4. The molecule has 0 aliphatic heterocycles. The summed E-state index contributed by atoms with van der Waals surface area (Å²) in [5.41, 5.74) is 0.889. The van der Waals surface area contributed by atoms with E-state index < -0.39 is 17.3 Å². The topological polar surface area (TPSA) is 102 Å². The largest absolute Gasteiger partial charge is 0.492 e. The molecule has 1 aliphatic rings. The van der Waals surface area contributed by atoms with Crippen molar-refractivity contribution in [3.63, 3.8) is 0 Å². The molecule has 2 N–H and O–H groups in total. The van der Waals surface area contributed by atoms with Crippen LogP contribution in [0.2, 0.25) is 0 Å². The van der Waals surface area contributed by atoms with Crippen molar-refractivity contribution < 1.29 is 9.90 Å². The quantitative estimate of drug-likeness (QED) is 0.716. The van der Waals surface area contributed by atoms with Crippen molar-refractivity contribution >= 4 is 11.6 Å². The van der Waals surface area contributed by atoms with Crippen molar-refractivity contribution in [3.8, 4) is 17.1 Å². The van der Waals surface area contributed by atoms with Gasteiger partial charge in [0.2, 0.25) is 5.88 Å². The third-order valence-electron chi connectivity index (χ3n) is 4.51. The molecule has 0 bridgehead atoms. The summed E-state index contributed by atoms with van der Waals surface area (Å²) in [6.07, 6.45) is 4.98. The lowest BCUT2D eigenvalue weighted by molar-refractivity contribution is 0.0944. The number of aromatic hydroxyl groups is 1. The molecule has 8 heteroatoms. The monoisotopic (exact) mass is 367 g/mol. The zero-order valence-electron chi connectivity index (χ0n) is 15.2. The summed E-state index contributed by atoms with van der Waals surface area (Å²) >= 11 is 0. The number of carbonyl (C=O) groups excluding carboxylic acids is 1. The van der Waals surface area contributed by atoms with Crippen molar-refractivity contribution in [1.82, 2.24) is 24.5 Å². The second kappa shape index (κ2) is 6.53. The first-order chi connectivity index (χ1) is 13.0. The third-order valence-corrected chi connectivity index (χ3v) is 4.51. The normalized spacial score (nSPS) is 14.0. The molecule has 0 saturated heterocycles. The van der Waals surface area contributed by atoms with Gasteiger partial charge in [0.05, 0.1) is 17.5 Å². The van der Waals surface area contributed by atoms with Gasteiger partial charge in [-0.05, 0) is 30.9 Å². The summed E-state index contributed by atoms with van der Waals surface area (Å²) in [7, 11) is 0. The number of amides is 1. The van der Waals surface area contributed by atoms with E-state index in [1.165, 1.54) is 9.08 Å². The second-order valence-corrected chi connectivity index (χ2v) is 7.26. The van der Waals surface area contributed by atoms with Crippen LogP contribution in [-0.2, 0) is 6.54 Å². The maximum absolute atomic E-state index is 13.1. The summed E-state index contributed by atoms with van der Waals surface area (Å²) in [6, 6.07) is 5.53. The summed E-state index contributed by atoms with van der Waals surface area (Å²) in [6.45, 7) is 4.35.